The van der Waals surface area contributed by atoms with Gasteiger partial charge in [0.2, 0.25) is 0 Å². The first-order chi connectivity index (χ1) is 8.27. The molecule has 2 aromatic rings. The van der Waals surface area contributed by atoms with Gasteiger partial charge in [-0.3, -0.25) is 4.79 Å². The maximum absolute atomic E-state index is 12.4. The third-order valence-electron chi connectivity index (χ3n) is 3.43. The van der Waals surface area contributed by atoms with Crippen molar-refractivity contribution in [1.82, 2.24) is 14.9 Å². The Morgan fingerprint density at radius 2 is 2.47 bits per heavy atom. The van der Waals surface area contributed by atoms with E-state index in [0.717, 1.165) is 36.1 Å². The van der Waals surface area contributed by atoms with Crippen molar-refractivity contribution < 1.29 is 4.79 Å². The predicted octanol–water partition coefficient (Wildman–Crippen LogP) is 1.37. The first-order valence-electron chi connectivity index (χ1n) is 5.92. The van der Waals surface area contributed by atoms with E-state index in [1.807, 2.05) is 29.9 Å². The van der Waals surface area contributed by atoms with E-state index in [9.17, 15) is 4.79 Å². The molecule has 1 aliphatic heterocycles. The van der Waals surface area contributed by atoms with Gasteiger partial charge in [-0.1, -0.05) is 0 Å². The molecule has 4 nitrogen and oxygen atoms in total. The van der Waals surface area contributed by atoms with E-state index in [1.54, 1.807) is 6.20 Å². The highest BCUT2D eigenvalue weighted by Gasteiger charge is 2.26. The average molecular weight is 229 g/mol. The number of hydrogen-bond donors (Lipinski definition) is 1. The molecule has 1 saturated heterocycles. The molecule has 0 aliphatic carbocycles. The summed E-state index contributed by atoms with van der Waals surface area (Å²) in [5, 5.41) is 4.20. The van der Waals surface area contributed by atoms with E-state index >= 15 is 0 Å². The number of rotatable bonds is 2. The zero-order valence-corrected chi connectivity index (χ0v) is 9.81. The monoisotopic (exact) mass is 229 g/mol. The number of ketones is 1. The predicted molar refractivity (Wildman–Crippen MR) is 66.0 cm³/mol. The SMILES string of the molecule is Cn1cc(C(=O)C2CCNC2)c2cccnc21. The normalized spacial score (nSPS) is 19.9. The van der Waals surface area contributed by atoms with Crippen LogP contribution in [-0.2, 0) is 7.05 Å². The number of nitrogens with zero attached hydrogens (tertiary/aromatic N) is 2. The third kappa shape index (κ3) is 1.65. The molecule has 1 unspecified atom stereocenters. The van der Waals surface area contributed by atoms with Crippen molar-refractivity contribution in [2.45, 2.75) is 6.42 Å². The summed E-state index contributed by atoms with van der Waals surface area (Å²) < 4.78 is 1.92. The van der Waals surface area contributed by atoms with Gasteiger partial charge in [-0.2, -0.15) is 0 Å². The molecule has 0 spiro atoms. The van der Waals surface area contributed by atoms with Crippen molar-refractivity contribution >= 4 is 16.8 Å². The first-order valence-corrected chi connectivity index (χ1v) is 5.92. The summed E-state index contributed by atoms with van der Waals surface area (Å²) in [5.41, 5.74) is 1.69. The number of hydrogen-bond acceptors (Lipinski definition) is 3. The minimum absolute atomic E-state index is 0.126. The maximum Gasteiger partial charge on any atom is 0.169 e. The third-order valence-corrected chi connectivity index (χ3v) is 3.43. The molecular formula is C13H15N3O. The summed E-state index contributed by atoms with van der Waals surface area (Å²) in [4.78, 5) is 16.7. The fourth-order valence-corrected chi connectivity index (χ4v) is 2.51. The van der Waals surface area contributed by atoms with Crippen molar-refractivity contribution in [1.29, 1.82) is 0 Å². The number of Topliss-reactive ketones (excluding diaryl/α,β-unsaturated/α-hetero) is 1. The van der Waals surface area contributed by atoms with E-state index < -0.39 is 0 Å². The standard InChI is InChI=1S/C13H15N3O/c1-16-8-11(10-3-2-5-15-13(10)16)12(17)9-4-6-14-7-9/h2-3,5,8-9,14H,4,6-7H2,1H3. The van der Waals surface area contributed by atoms with Crippen molar-refractivity contribution in [3.8, 4) is 0 Å². The number of aromatic nitrogens is 2. The molecule has 4 heteroatoms. The van der Waals surface area contributed by atoms with Crippen LogP contribution >= 0.6 is 0 Å². The van der Waals surface area contributed by atoms with Crippen LogP contribution in [0.15, 0.2) is 24.5 Å². The number of pyridine rings is 1. The van der Waals surface area contributed by atoms with Crippen LogP contribution < -0.4 is 5.32 Å². The van der Waals surface area contributed by atoms with Crippen LogP contribution in [0, 0.1) is 5.92 Å². The summed E-state index contributed by atoms with van der Waals surface area (Å²) in [6.07, 6.45) is 4.60. The van der Waals surface area contributed by atoms with E-state index in [2.05, 4.69) is 10.3 Å². The van der Waals surface area contributed by atoms with Gasteiger partial charge in [0.05, 0.1) is 0 Å². The van der Waals surface area contributed by atoms with Crippen molar-refractivity contribution in [3.05, 3.63) is 30.1 Å². The molecule has 0 aromatic carbocycles. The largest absolute Gasteiger partial charge is 0.335 e. The van der Waals surface area contributed by atoms with E-state index in [-0.39, 0.29) is 11.7 Å². The molecule has 0 amide bonds. The number of fused-ring (bicyclic) bond motifs is 1. The summed E-state index contributed by atoms with van der Waals surface area (Å²) in [5.74, 6) is 0.370. The van der Waals surface area contributed by atoms with Crippen molar-refractivity contribution in [3.63, 3.8) is 0 Å². The van der Waals surface area contributed by atoms with Crippen LogP contribution in [0.2, 0.25) is 0 Å². The summed E-state index contributed by atoms with van der Waals surface area (Å²) >= 11 is 0. The topological polar surface area (TPSA) is 46.9 Å². The maximum atomic E-state index is 12.4. The average Bonchev–Trinajstić information content (AvgIpc) is 2.97. The number of carbonyl (C=O) groups excluding carboxylic acids is 1. The molecule has 1 fully saturated rings. The highest BCUT2D eigenvalue weighted by atomic mass is 16.1. The van der Waals surface area contributed by atoms with Gasteiger partial charge in [0.1, 0.15) is 5.65 Å². The zero-order chi connectivity index (χ0) is 11.8. The van der Waals surface area contributed by atoms with Gasteiger partial charge in [0.15, 0.2) is 5.78 Å². The lowest BCUT2D eigenvalue weighted by atomic mass is 9.97. The van der Waals surface area contributed by atoms with E-state index in [4.69, 9.17) is 0 Å². The molecule has 17 heavy (non-hydrogen) atoms. The molecule has 2 aromatic heterocycles. The van der Waals surface area contributed by atoms with Crippen LogP contribution in [0.4, 0.5) is 0 Å². The van der Waals surface area contributed by atoms with Crippen LogP contribution in [0.25, 0.3) is 11.0 Å². The van der Waals surface area contributed by atoms with E-state index in [0.29, 0.717) is 0 Å². The zero-order valence-electron chi connectivity index (χ0n) is 9.81. The first kappa shape index (κ1) is 10.5. The fraction of sp³-hybridized carbons (Fsp3) is 0.385. The van der Waals surface area contributed by atoms with E-state index in [1.165, 1.54) is 0 Å². The van der Waals surface area contributed by atoms with Crippen LogP contribution in [0.1, 0.15) is 16.8 Å². The van der Waals surface area contributed by atoms with Gasteiger partial charge in [0, 0.05) is 42.9 Å². The Balaban J connectivity index is 2.08. The van der Waals surface area contributed by atoms with Crippen molar-refractivity contribution in [2.75, 3.05) is 13.1 Å². The highest BCUT2D eigenvalue weighted by molar-refractivity contribution is 6.08. The lowest BCUT2D eigenvalue weighted by Crippen LogP contribution is -2.17. The minimum Gasteiger partial charge on any atom is -0.335 e. The summed E-state index contributed by atoms with van der Waals surface area (Å²) in [6, 6.07) is 3.85. The van der Waals surface area contributed by atoms with Crippen LogP contribution in [0.5, 0.6) is 0 Å². The van der Waals surface area contributed by atoms with Gasteiger partial charge in [0.25, 0.3) is 0 Å². The van der Waals surface area contributed by atoms with Gasteiger partial charge in [-0.05, 0) is 25.1 Å². The minimum atomic E-state index is 0.126. The molecule has 88 valence electrons. The second kappa shape index (κ2) is 3.96. The highest BCUT2D eigenvalue weighted by Crippen LogP contribution is 2.23. The van der Waals surface area contributed by atoms with Gasteiger partial charge in [-0.25, -0.2) is 4.98 Å². The second-order valence-electron chi connectivity index (χ2n) is 4.58. The molecule has 3 rings (SSSR count). The molecular weight excluding hydrogens is 214 g/mol. The van der Waals surface area contributed by atoms with Crippen LogP contribution in [0.3, 0.4) is 0 Å². The lowest BCUT2D eigenvalue weighted by molar-refractivity contribution is 0.0932. The Morgan fingerprint density at radius 1 is 1.59 bits per heavy atom. The smallest absolute Gasteiger partial charge is 0.169 e. The Labute approximate surface area is 99.6 Å². The Kier molecular flexibility index (Phi) is 2.44. The van der Waals surface area contributed by atoms with Crippen molar-refractivity contribution in [2.24, 2.45) is 13.0 Å². The van der Waals surface area contributed by atoms with Gasteiger partial charge in [-0.15, -0.1) is 0 Å². The molecule has 0 radical (unpaired) electrons. The summed E-state index contributed by atoms with van der Waals surface area (Å²) in [7, 11) is 1.93. The second-order valence-corrected chi connectivity index (χ2v) is 4.58. The molecule has 1 atom stereocenters. The Morgan fingerprint density at radius 3 is 3.24 bits per heavy atom. The molecule has 3 heterocycles. The molecule has 0 bridgehead atoms. The van der Waals surface area contributed by atoms with Crippen LogP contribution in [-0.4, -0.2) is 28.4 Å². The number of nitrogens with one attached hydrogen (secondary N) is 1. The van der Waals surface area contributed by atoms with Gasteiger partial charge >= 0.3 is 0 Å². The fourth-order valence-electron chi connectivity index (χ4n) is 2.51. The quantitative estimate of drug-likeness (QED) is 0.791. The summed E-state index contributed by atoms with van der Waals surface area (Å²) in [6.45, 7) is 1.74. The molecule has 1 N–H and O–H groups in total. The Hall–Kier alpha value is -1.68. The lowest BCUT2D eigenvalue weighted by Gasteiger charge is -2.05. The van der Waals surface area contributed by atoms with Gasteiger partial charge < -0.3 is 9.88 Å². The number of carbonyl (C=O) groups is 1. The Bertz CT molecular complexity index is 567. The number of aryl methyl sites for hydroxylation is 1. The molecule has 1 aliphatic rings. The molecule has 0 saturated carbocycles.